The van der Waals surface area contributed by atoms with E-state index in [-0.39, 0.29) is 0 Å². The molecule has 0 bridgehead atoms. The minimum Gasteiger partial charge on any atom is -0.330 e. The molecule has 8 heavy (non-hydrogen) atoms. The molecule has 1 aliphatic rings. The van der Waals surface area contributed by atoms with Gasteiger partial charge in [-0.15, -0.1) is 0 Å². The minimum atomic E-state index is -0.421. The topological polar surface area (TPSA) is 24.5 Å². The standard InChI is InChI=1S/C4H11N2OP/c1-6(2)8-5-3-4-7-8/h5H,3-4H2,1-2H3. The van der Waals surface area contributed by atoms with Crippen LogP contribution in [0.25, 0.3) is 0 Å². The van der Waals surface area contributed by atoms with Gasteiger partial charge in [-0.05, 0) is 14.1 Å². The summed E-state index contributed by atoms with van der Waals surface area (Å²) in [6, 6.07) is 0. The molecule has 0 aromatic rings. The van der Waals surface area contributed by atoms with E-state index in [9.17, 15) is 0 Å². The Morgan fingerprint density at radius 3 is 2.62 bits per heavy atom. The second-order valence-corrected chi connectivity index (χ2v) is 3.78. The lowest BCUT2D eigenvalue weighted by atomic mass is 10.8. The van der Waals surface area contributed by atoms with Gasteiger partial charge in [-0.1, -0.05) is 0 Å². The zero-order chi connectivity index (χ0) is 5.98. The predicted octanol–water partition coefficient (Wildman–Crippen LogP) is 0.395. The molecule has 0 radical (unpaired) electrons. The summed E-state index contributed by atoms with van der Waals surface area (Å²) in [4.78, 5) is 0. The van der Waals surface area contributed by atoms with Gasteiger partial charge in [-0.3, -0.25) is 9.76 Å². The fourth-order valence-electron chi connectivity index (χ4n) is 0.576. The molecule has 1 rings (SSSR count). The molecule has 0 saturated carbocycles. The van der Waals surface area contributed by atoms with E-state index in [0.29, 0.717) is 0 Å². The summed E-state index contributed by atoms with van der Waals surface area (Å²) in [6.45, 7) is 1.87. The Labute approximate surface area is 51.0 Å². The van der Waals surface area contributed by atoms with Gasteiger partial charge in [-0.25, -0.2) is 0 Å². The van der Waals surface area contributed by atoms with Crippen molar-refractivity contribution in [1.29, 1.82) is 0 Å². The molecule has 4 heteroatoms. The van der Waals surface area contributed by atoms with Crippen LogP contribution in [0.2, 0.25) is 0 Å². The fourth-order valence-corrected chi connectivity index (χ4v) is 1.73. The first kappa shape index (κ1) is 6.43. The van der Waals surface area contributed by atoms with Crippen molar-refractivity contribution in [2.45, 2.75) is 0 Å². The summed E-state index contributed by atoms with van der Waals surface area (Å²) >= 11 is 0. The largest absolute Gasteiger partial charge is 0.330 e. The van der Waals surface area contributed by atoms with Gasteiger partial charge in [-0.2, -0.15) is 0 Å². The average Bonchev–Trinajstić information content (AvgIpc) is 2.12. The lowest BCUT2D eigenvalue weighted by Crippen LogP contribution is -2.11. The van der Waals surface area contributed by atoms with E-state index < -0.39 is 8.45 Å². The molecule has 0 aliphatic carbocycles. The van der Waals surface area contributed by atoms with Crippen LogP contribution in [0.5, 0.6) is 0 Å². The highest BCUT2D eigenvalue weighted by Gasteiger charge is 2.16. The number of nitrogens with one attached hydrogen (secondary N) is 1. The van der Waals surface area contributed by atoms with Crippen LogP contribution in [-0.2, 0) is 4.52 Å². The number of hydrogen-bond donors (Lipinski definition) is 1. The third-order valence-electron chi connectivity index (χ3n) is 0.926. The molecule has 1 aliphatic heterocycles. The van der Waals surface area contributed by atoms with Gasteiger partial charge in [0.2, 0.25) is 0 Å². The molecule has 0 spiro atoms. The molecule has 1 atom stereocenters. The lowest BCUT2D eigenvalue weighted by Gasteiger charge is -2.15. The van der Waals surface area contributed by atoms with Gasteiger partial charge in [0.1, 0.15) is 0 Å². The van der Waals surface area contributed by atoms with Gasteiger partial charge in [0.05, 0.1) is 6.61 Å². The van der Waals surface area contributed by atoms with Crippen molar-refractivity contribution in [3.05, 3.63) is 0 Å². The molecule has 1 N–H and O–H groups in total. The van der Waals surface area contributed by atoms with Crippen LogP contribution in [0.15, 0.2) is 0 Å². The first-order valence-electron chi connectivity index (χ1n) is 2.64. The molecule has 3 nitrogen and oxygen atoms in total. The zero-order valence-corrected chi connectivity index (χ0v) is 6.11. The van der Waals surface area contributed by atoms with Crippen molar-refractivity contribution < 1.29 is 4.52 Å². The van der Waals surface area contributed by atoms with Crippen LogP contribution in [0, 0.1) is 0 Å². The van der Waals surface area contributed by atoms with Crippen molar-refractivity contribution in [1.82, 2.24) is 9.76 Å². The van der Waals surface area contributed by atoms with Crippen LogP contribution in [0.3, 0.4) is 0 Å². The summed E-state index contributed by atoms with van der Waals surface area (Å²) < 4.78 is 7.37. The van der Waals surface area contributed by atoms with Crippen molar-refractivity contribution >= 4 is 8.45 Å². The van der Waals surface area contributed by atoms with Gasteiger partial charge < -0.3 is 4.52 Å². The number of nitrogens with zero attached hydrogens (tertiary/aromatic N) is 1. The highest BCUT2D eigenvalue weighted by molar-refractivity contribution is 7.47. The first-order chi connectivity index (χ1) is 3.80. The highest BCUT2D eigenvalue weighted by Crippen LogP contribution is 2.36. The maximum atomic E-state index is 5.29. The van der Waals surface area contributed by atoms with Crippen LogP contribution >= 0.6 is 8.45 Å². The first-order valence-corrected chi connectivity index (χ1v) is 3.86. The maximum absolute atomic E-state index is 5.29. The van der Waals surface area contributed by atoms with Crippen molar-refractivity contribution in [2.24, 2.45) is 0 Å². The Morgan fingerprint density at radius 1 is 1.62 bits per heavy atom. The maximum Gasteiger partial charge on any atom is 0.184 e. The molecule has 1 fully saturated rings. The van der Waals surface area contributed by atoms with E-state index >= 15 is 0 Å². The smallest absolute Gasteiger partial charge is 0.184 e. The van der Waals surface area contributed by atoms with Gasteiger partial charge in [0.15, 0.2) is 8.45 Å². The number of rotatable bonds is 1. The van der Waals surface area contributed by atoms with E-state index in [1.165, 1.54) is 0 Å². The lowest BCUT2D eigenvalue weighted by molar-refractivity contribution is 0.373. The van der Waals surface area contributed by atoms with Crippen molar-refractivity contribution in [3.8, 4) is 0 Å². The third-order valence-corrected chi connectivity index (χ3v) is 2.57. The Hall–Kier alpha value is 0.310. The fraction of sp³-hybridized carbons (Fsp3) is 1.00. The SMILES string of the molecule is CN(C)P1NCCO1. The predicted molar refractivity (Wildman–Crippen MR) is 34.6 cm³/mol. The molecule has 1 unspecified atom stereocenters. The van der Waals surface area contributed by atoms with E-state index in [1.807, 2.05) is 14.1 Å². The average molecular weight is 134 g/mol. The second kappa shape index (κ2) is 2.74. The Bertz CT molecular complexity index is 72.4. The van der Waals surface area contributed by atoms with Crippen LogP contribution in [0.1, 0.15) is 0 Å². The molecule has 0 aromatic carbocycles. The molecular formula is C4H11N2OP. The Kier molecular flexibility index (Phi) is 2.20. The van der Waals surface area contributed by atoms with Gasteiger partial charge in [0, 0.05) is 6.54 Å². The van der Waals surface area contributed by atoms with Crippen LogP contribution in [-0.4, -0.2) is 31.9 Å². The summed E-state index contributed by atoms with van der Waals surface area (Å²) in [5, 5.41) is 3.22. The van der Waals surface area contributed by atoms with Gasteiger partial charge in [0.25, 0.3) is 0 Å². The molecule has 1 heterocycles. The molecular weight excluding hydrogens is 123 g/mol. The number of hydrogen-bond acceptors (Lipinski definition) is 3. The summed E-state index contributed by atoms with van der Waals surface area (Å²) in [7, 11) is 3.61. The molecule has 1 saturated heterocycles. The third kappa shape index (κ3) is 1.39. The molecule has 0 aromatic heterocycles. The molecule has 0 amide bonds. The summed E-state index contributed by atoms with van der Waals surface area (Å²) in [5.41, 5.74) is 0. The quantitative estimate of drug-likeness (QED) is 0.525. The second-order valence-electron chi connectivity index (χ2n) is 1.86. The van der Waals surface area contributed by atoms with Crippen LogP contribution in [0.4, 0.5) is 0 Å². The monoisotopic (exact) mass is 134 g/mol. The normalized spacial score (nSPS) is 29.6. The van der Waals surface area contributed by atoms with E-state index in [4.69, 9.17) is 4.52 Å². The Balaban J connectivity index is 2.24. The zero-order valence-electron chi connectivity index (χ0n) is 5.22. The summed E-state index contributed by atoms with van der Waals surface area (Å²) in [5.74, 6) is 0. The van der Waals surface area contributed by atoms with Crippen molar-refractivity contribution in [2.75, 3.05) is 27.2 Å². The van der Waals surface area contributed by atoms with E-state index in [2.05, 4.69) is 9.76 Å². The van der Waals surface area contributed by atoms with E-state index in [0.717, 1.165) is 13.2 Å². The molecule has 48 valence electrons. The summed E-state index contributed by atoms with van der Waals surface area (Å²) in [6.07, 6.45) is 0. The Morgan fingerprint density at radius 2 is 2.38 bits per heavy atom. The van der Waals surface area contributed by atoms with Crippen molar-refractivity contribution in [3.63, 3.8) is 0 Å². The highest BCUT2D eigenvalue weighted by atomic mass is 31.2. The minimum absolute atomic E-state index is 0.421. The van der Waals surface area contributed by atoms with Crippen LogP contribution < -0.4 is 5.09 Å². The van der Waals surface area contributed by atoms with E-state index in [1.54, 1.807) is 0 Å². The van der Waals surface area contributed by atoms with Gasteiger partial charge >= 0.3 is 0 Å².